The molecule has 5 heteroatoms. The summed E-state index contributed by atoms with van der Waals surface area (Å²) in [5.41, 5.74) is 7.06. The molecule has 0 saturated carbocycles. The molecule has 0 fully saturated rings. The van der Waals surface area contributed by atoms with Crippen LogP contribution in [-0.2, 0) is 6.54 Å². The van der Waals surface area contributed by atoms with Crippen molar-refractivity contribution in [2.75, 3.05) is 6.54 Å². The fraction of sp³-hybridized carbons (Fsp3) is 0.556. The van der Waals surface area contributed by atoms with Gasteiger partial charge in [-0.25, -0.2) is 4.57 Å². The van der Waals surface area contributed by atoms with Gasteiger partial charge in [-0.3, -0.25) is 4.98 Å². The predicted octanol–water partition coefficient (Wildman–Crippen LogP) is 0.275. The zero-order valence-corrected chi connectivity index (χ0v) is 8.57. The number of hydrogen-bond donors (Lipinski definition) is 2. The normalized spacial score (nSPS) is 19.9. The summed E-state index contributed by atoms with van der Waals surface area (Å²) >= 11 is 0. The van der Waals surface area contributed by atoms with Crippen molar-refractivity contribution < 1.29 is 4.57 Å². The van der Waals surface area contributed by atoms with E-state index in [-0.39, 0.29) is 6.17 Å². The molecule has 1 aromatic rings. The molecule has 1 aliphatic heterocycles. The lowest BCUT2D eigenvalue weighted by Crippen LogP contribution is -2.38. The van der Waals surface area contributed by atoms with Crippen LogP contribution in [0.15, 0.2) is 11.3 Å². The number of fused-ring (bicyclic) bond motifs is 1. The Morgan fingerprint density at radius 3 is 3.07 bits per heavy atom. The zero-order chi connectivity index (χ0) is 10.1. The topological polar surface area (TPSA) is 61.3 Å². The first-order valence-corrected chi connectivity index (χ1v) is 4.94. The van der Waals surface area contributed by atoms with Crippen LogP contribution in [0.3, 0.4) is 0 Å². The van der Waals surface area contributed by atoms with Crippen LogP contribution in [0, 0.1) is 0 Å². The van der Waals surface area contributed by atoms with Gasteiger partial charge in [0, 0.05) is 6.54 Å². The van der Waals surface area contributed by atoms with Crippen LogP contribution in [-0.4, -0.2) is 22.8 Å². The molecular formula is C9H16N5+. The first kappa shape index (κ1) is 9.21. The van der Waals surface area contributed by atoms with E-state index in [1.165, 1.54) is 0 Å². The Kier molecular flexibility index (Phi) is 2.25. The summed E-state index contributed by atoms with van der Waals surface area (Å²) in [5, 5.41) is 0. The van der Waals surface area contributed by atoms with Crippen molar-refractivity contribution in [1.29, 1.82) is 0 Å². The fourth-order valence-electron chi connectivity index (χ4n) is 1.68. The molecule has 0 aliphatic carbocycles. The average Bonchev–Trinajstić information content (AvgIpc) is 2.62. The van der Waals surface area contributed by atoms with Gasteiger partial charge in [0.25, 0.3) is 0 Å². The summed E-state index contributed by atoms with van der Waals surface area (Å²) in [7, 11) is 0. The number of rotatable bonds is 2. The Bertz CT molecular complexity index is 354. The van der Waals surface area contributed by atoms with Gasteiger partial charge in [0.1, 0.15) is 6.17 Å². The van der Waals surface area contributed by atoms with Crippen molar-refractivity contribution in [1.82, 2.24) is 9.88 Å². The average molecular weight is 194 g/mol. The summed E-state index contributed by atoms with van der Waals surface area (Å²) in [5.74, 6) is 0.949. The number of hydrogen-bond acceptors (Lipinski definition) is 3. The van der Waals surface area contributed by atoms with E-state index in [1.807, 2.05) is 17.6 Å². The monoisotopic (exact) mass is 194 g/mol. The first-order valence-electron chi connectivity index (χ1n) is 4.94. The number of aryl methyl sites for hydroxylation is 1. The number of nitrogens with one attached hydrogen (secondary N) is 1. The lowest BCUT2D eigenvalue weighted by Gasteiger charge is -2.23. The largest absolute Gasteiger partial charge is 0.327 e. The zero-order valence-electron chi connectivity index (χ0n) is 8.57. The standard InChI is InChI=1S/C9H15N5/c1-3-13-6-12-9-7(8(13)10)11-5-14(9)4-2/h5-6,8H,3-4,10H2,1-2H3/p+1. The SMILES string of the molecule is CCN1C=Nc2c([nH]c[n+]2CC)C1N. The molecule has 5 nitrogen and oxygen atoms in total. The fourth-order valence-corrected chi connectivity index (χ4v) is 1.68. The maximum absolute atomic E-state index is 6.06. The lowest BCUT2D eigenvalue weighted by molar-refractivity contribution is -0.679. The summed E-state index contributed by atoms with van der Waals surface area (Å²) in [6.45, 7) is 5.92. The highest BCUT2D eigenvalue weighted by Gasteiger charge is 2.29. The van der Waals surface area contributed by atoms with Crippen LogP contribution < -0.4 is 10.3 Å². The van der Waals surface area contributed by atoms with Crippen molar-refractivity contribution in [2.24, 2.45) is 10.7 Å². The van der Waals surface area contributed by atoms with Crippen LogP contribution in [0.25, 0.3) is 0 Å². The lowest BCUT2D eigenvalue weighted by atomic mass is 10.3. The number of imidazole rings is 1. The van der Waals surface area contributed by atoms with Gasteiger partial charge in [0.2, 0.25) is 0 Å². The summed E-state index contributed by atoms with van der Waals surface area (Å²) in [6.07, 6.45) is 3.63. The molecular weight excluding hydrogens is 178 g/mol. The Morgan fingerprint density at radius 1 is 1.64 bits per heavy atom. The van der Waals surface area contributed by atoms with Gasteiger partial charge in [0.15, 0.2) is 18.4 Å². The van der Waals surface area contributed by atoms with Gasteiger partial charge in [-0.15, -0.1) is 0 Å². The Balaban J connectivity index is 2.40. The molecule has 1 aromatic heterocycles. The van der Waals surface area contributed by atoms with Crippen molar-refractivity contribution in [3.63, 3.8) is 0 Å². The Hall–Kier alpha value is -1.36. The Morgan fingerprint density at radius 2 is 2.43 bits per heavy atom. The Labute approximate surface area is 83.2 Å². The minimum absolute atomic E-state index is 0.0969. The molecule has 0 radical (unpaired) electrons. The second-order valence-corrected chi connectivity index (χ2v) is 3.32. The van der Waals surface area contributed by atoms with Gasteiger partial charge in [-0.05, 0) is 13.8 Å². The van der Waals surface area contributed by atoms with Crippen molar-refractivity contribution >= 4 is 12.2 Å². The minimum atomic E-state index is -0.0969. The molecule has 2 rings (SSSR count). The molecule has 0 aromatic carbocycles. The first-order chi connectivity index (χ1) is 6.77. The number of aliphatic imine (C=N–C) groups is 1. The van der Waals surface area contributed by atoms with Crippen LogP contribution in [0.4, 0.5) is 5.82 Å². The van der Waals surface area contributed by atoms with Gasteiger partial charge >= 0.3 is 5.82 Å². The van der Waals surface area contributed by atoms with Gasteiger partial charge in [-0.2, -0.15) is 0 Å². The summed E-state index contributed by atoms with van der Waals surface area (Å²) in [6, 6.07) is 0. The molecule has 2 heterocycles. The molecule has 76 valence electrons. The van der Waals surface area contributed by atoms with Gasteiger partial charge in [0.05, 0.1) is 6.54 Å². The molecule has 0 saturated heterocycles. The molecule has 0 bridgehead atoms. The highest BCUT2D eigenvalue weighted by atomic mass is 15.3. The van der Waals surface area contributed by atoms with E-state index in [9.17, 15) is 0 Å². The molecule has 3 N–H and O–H groups in total. The van der Waals surface area contributed by atoms with Crippen molar-refractivity contribution in [3.05, 3.63) is 12.0 Å². The third kappa shape index (κ3) is 1.21. The maximum atomic E-state index is 6.06. The molecule has 0 spiro atoms. The quantitative estimate of drug-likeness (QED) is 0.664. The second-order valence-electron chi connectivity index (χ2n) is 3.32. The van der Waals surface area contributed by atoms with E-state index < -0.39 is 0 Å². The third-order valence-corrected chi connectivity index (χ3v) is 2.58. The van der Waals surface area contributed by atoms with Crippen molar-refractivity contribution in [2.45, 2.75) is 26.6 Å². The van der Waals surface area contributed by atoms with E-state index in [2.05, 4.69) is 28.4 Å². The maximum Gasteiger partial charge on any atom is 0.302 e. The molecule has 14 heavy (non-hydrogen) atoms. The summed E-state index contributed by atoms with van der Waals surface area (Å²) in [4.78, 5) is 9.55. The smallest absolute Gasteiger partial charge is 0.302 e. The van der Waals surface area contributed by atoms with E-state index in [4.69, 9.17) is 5.73 Å². The summed E-state index contributed by atoms with van der Waals surface area (Å²) < 4.78 is 2.05. The van der Waals surface area contributed by atoms with E-state index in [1.54, 1.807) is 0 Å². The third-order valence-electron chi connectivity index (χ3n) is 2.58. The number of aromatic amines is 1. The molecule has 1 aliphatic rings. The predicted molar refractivity (Wildman–Crippen MR) is 54.1 cm³/mol. The van der Waals surface area contributed by atoms with E-state index in [0.29, 0.717) is 0 Å². The second kappa shape index (κ2) is 3.42. The van der Waals surface area contributed by atoms with Crippen LogP contribution in [0.1, 0.15) is 25.7 Å². The van der Waals surface area contributed by atoms with Crippen LogP contribution in [0.5, 0.6) is 0 Å². The van der Waals surface area contributed by atoms with Gasteiger partial charge in [-0.1, -0.05) is 4.99 Å². The number of nitrogens with two attached hydrogens (primary N) is 1. The minimum Gasteiger partial charge on any atom is -0.327 e. The molecule has 1 unspecified atom stereocenters. The van der Waals surface area contributed by atoms with E-state index >= 15 is 0 Å². The highest BCUT2D eigenvalue weighted by molar-refractivity contribution is 5.63. The van der Waals surface area contributed by atoms with Crippen LogP contribution >= 0.6 is 0 Å². The number of aromatic nitrogens is 2. The molecule has 1 atom stereocenters. The number of nitrogens with zero attached hydrogens (tertiary/aromatic N) is 3. The highest BCUT2D eigenvalue weighted by Crippen LogP contribution is 2.24. The van der Waals surface area contributed by atoms with Gasteiger partial charge < -0.3 is 10.6 Å². The molecule has 0 amide bonds. The van der Waals surface area contributed by atoms with E-state index in [0.717, 1.165) is 24.6 Å². The van der Waals surface area contributed by atoms with Crippen molar-refractivity contribution in [3.8, 4) is 0 Å². The van der Waals surface area contributed by atoms with Crippen LogP contribution in [0.2, 0.25) is 0 Å². The number of H-pyrrole nitrogens is 1.